The van der Waals surface area contributed by atoms with Crippen LogP contribution in [0, 0.1) is 0 Å². The van der Waals surface area contributed by atoms with Crippen LogP contribution in [0.2, 0.25) is 0 Å². The molecule has 2 heterocycles. The maximum Gasteiger partial charge on any atom is 0.252 e. The number of H-pyrrole nitrogens is 1. The molecule has 0 aliphatic carbocycles. The smallest absolute Gasteiger partial charge is 0.252 e. The summed E-state index contributed by atoms with van der Waals surface area (Å²) in [6.45, 7) is 3.38. The molecule has 26 heavy (non-hydrogen) atoms. The van der Waals surface area contributed by atoms with E-state index in [1.165, 1.54) is 37.6 Å². The highest BCUT2D eigenvalue weighted by atomic mass is 16.1. The number of benzene rings is 2. The molecule has 3 aromatic rings. The van der Waals surface area contributed by atoms with Crippen molar-refractivity contribution in [1.29, 1.82) is 0 Å². The predicted molar refractivity (Wildman–Crippen MR) is 105 cm³/mol. The lowest BCUT2D eigenvalue weighted by Gasteiger charge is -2.15. The van der Waals surface area contributed by atoms with Gasteiger partial charge < -0.3 is 5.32 Å². The van der Waals surface area contributed by atoms with Crippen LogP contribution in [0.15, 0.2) is 65.5 Å². The molecule has 0 saturated carbocycles. The van der Waals surface area contributed by atoms with Crippen molar-refractivity contribution in [2.24, 2.45) is 0 Å². The van der Waals surface area contributed by atoms with Gasteiger partial charge in [-0.1, -0.05) is 42.5 Å². The fourth-order valence-corrected chi connectivity index (χ4v) is 3.30. The first-order valence-corrected chi connectivity index (χ1v) is 9.01. The zero-order valence-corrected chi connectivity index (χ0v) is 14.6. The molecule has 0 unspecified atom stereocenters. The summed E-state index contributed by atoms with van der Waals surface area (Å²) in [6, 6.07) is 19.5. The van der Waals surface area contributed by atoms with Crippen LogP contribution in [0.4, 0.5) is 11.6 Å². The van der Waals surface area contributed by atoms with Crippen LogP contribution in [-0.4, -0.2) is 28.0 Å². The number of hydrogen-bond donors (Lipinski definition) is 2. The van der Waals surface area contributed by atoms with E-state index in [0.717, 1.165) is 17.8 Å². The molecule has 0 atom stereocenters. The lowest BCUT2D eigenvalue weighted by Crippen LogP contribution is -2.18. The molecule has 2 aromatic carbocycles. The third-order valence-electron chi connectivity index (χ3n) is 4.63. The minimum absolute atomic E-state index is 0.174. The van der Waals surface area contributed by atoms with Gasteiger partial charge in [0.15, 0.2) is 0 Å². The average molecular weight is 346 g/mol. The van der Waals surface area contributed by atoms with Crippen molar-refractivity contribution in [3.63, 3.8) is 0 Å². The minimum atomic E-state index is -0.174. The first kappa shape index (κ1) is 16.5. The summed E-state index contributed by atoms with van der Waals surface area (Å²) in [5.74, 6) is 0.448. The molecule has 1 aliphatic heterocycles. The zero-order chi connectivity index (χ0) is 17.8. The van der Waals surface area contributed by atoms with Gasteiger partial charge in [-0.25, -0.2) is 4.98 Å². The van der Waals surface area contributed by atoms with E-state index in [0.29, 0.717) is 11.6 Å². The molecule has 0 bridgehead atoms. The van der Waals surface area contributed by atoms with Crippen molar-refractivity contribution in [2.75, 3.05) is 18.4 Å². The monoisotopic (exact) mass is 346 g/mol. The molecule has 1 aliphatic rings. The molecule has 1 fully saturated rings. The summed E-state index contributed by atoms with van der Waals surface area (Å²) < 4.78 is 0. The summed E-state index contributed by atoms with van der Waals surface area (Å²) >= 11 is 0. The summed E-state index contributed by atoms with van der Waals surface area (Å²) in [7, 11) is 0. The quantitative estimate of drug-likeness (QED) is 0.738. The van der Waals surface area contributed by atoms with E-state index in [2.05, 4.69) is 32.3 Å². The van der Waals surface area contributed by atoms with E-state index in [9.17, 15) is 4.79 Å². The van der Waals surface area contributed by atoms with Gasteiger partial charge in [-0.15, -0.1) is 0 Å². The Bertz CT molecular complexity index is 913. The number of nitrogens with zero attached hydrogens (tertiary/aromatic N) is 2. The molecule has 0 spiro atoms. The van der Waals surface area contributed by atoms with E-state index < -0.39 is 0 Å². The second-order valence-electron chi connectivity index (χ2n) is 6.65. The first-order chi connectivity index (χ1) is 12.8. The SMILES string of the molecule is O=c1cc(-c2ccccc2)nc(Nc2ccc(CN3CCCC3)cc2)[nH]1. The molecule has 0 radical (unpaired) electrons. The number of nitrogens with one attached hydrogen (secondary N) is 2. The number of rotatable bonds is 5. The lowest BCUT2D eigenvalue weighted by atomic mass is 10.1. The molecule has 4 rings (SSSR count). The van der Waals surface area contributed by atoms with Crippen LogP contribution in [0.1, 0.15) is 18.4 Å². The zero-order valence-electron chi connectivity index (χ0n) is 14.6. The third kappa shape index (κ3) is 4.00. The predicted octanol–water partition coefficient (Wildman–Crippen LogP) is 3.78. The van der Waals surface area contributed by atoms with Crippen molar-refractivity contribution >= 4 is 11.6 Å². The summed E-state index contributed by atoms with van der Waals surface area (Å²) in [4.78, 5) is 21.7. The molecule has 1 aromatic heterocycles. The highest BCUT2D eigenvalue weighted by Gasteiger charge is 2.11. The Hall–Kier alpha value is -2.92. The van der Waals surface area contributed by atoms with Crippen LogP contribution in [0.25, 0.3) is 11.3 Å². The molecule has 1 saturated heterocycles. The largest absolute Gasteiger partial charge is 0.326 e. The highest BCUT2D eigenvalue weighted by Crippen LogP contribution is 2.19. The van der Waals surface area contributed by atoms with Crippen molar-refractivity contribution in [2.45, 2.75) is 19.4 Å². The van der Waals surface area contributed by atoms with Crippen LogP contribution in [-0.2, 0) is 6.54 Å². The van der Waals surface area contributed by atoms with Crippen molar-refractivity contribution in [3.05, 3.63) is 76.6 Å². The van der Waals surface area contributed by atoms with Gasteiger partial charge >= 0.3 is 0 Å². The van der Waals surface area contributed by atoms with Crippen molar-refractivity contribution in [3.8, 4) is 11.3 Å². The van der Waals surface area contributed by atoms with Crippen LogP contribution >= 0.6 is 0 Å². The van der Waals surface area contributed by atoms with E-state index in [1.807, 2.05) is 42.5 Å². The standard InChI is InChI=1S/C21H22N4O/c26-20-14-19(17-6-2-1-3-7-17)23-21(24-20)22-18-10-8-16(9-11-18)15-25-12-4-5-13-25/h1-3,6-11,14H,4-5,12-13,15H2,(H2,22,23,24,26). The van der Waals surface area contributed by atoms with Gasteiger partial charge in [0.25, 0.3) is 5.56 Å². The molecule has 0 amide bonds. The highest BCUT2D eigenvalue weighted by molar-refractivity contribution is 5.61. The number of likely N-dealkylation sites (tertiary alicyclic amines) is 1. The average Bonchev–Trinajstić information content (AvgIpc) is 3.17. The molecule has 2 N–H and O–H groups in total. The maximum atomic E-state index is 12.0. The summed E-state index contributed by atoms with van der Waals surface area (Å²) in [5, 5.41) is 3.20. The third-order valence-corrected chi connectivity index (χ3v) is 4.63. The van der Waals surface area contributed by atoms with E-state index >= 15 is 0 Å². The number of aromatic amines is 1. The maximum absolute atomic E-state index is 12.0. The van der Waals surface area contributed by atoms with Gasteiger partial charge in [-0.05, 0) is 43.6 Å². The Kier molecular flexibility index (Phi) is 4.80. The Morgan fingerprint density at radius 1 is 1.00 bits per heavy atom. The van der Waals surface area contributed by atoms with E-state index in [4.69, 9.17) is 0 Å². The number of anilines is 2. The fourth-order valence-electron chi connectivity index (χ4n) is 3.30. The molecule has 132 valence electrons. The van der Waals surface area contributed by atoms with Gasteiger partial charge in [0.2, 0.25) is 5.95 Å². The molecular weight excluding hydrogens is 324 g/mol. The van der Waals surface area contributed by atoms with Gasteiger partial charge in [0.1, 0.15) is 0 Å². The van der Waals surface area contributed by atoms with Crippen molar-refractivity contribution in [1.82, 2.24) is 14.9 Å². The van der Waals surface area contributed by atoms with E-state index in [1.54, 1.807) is 0 Å². The van der Waals surface area contributed by atoms with Crippen LogP contribution in [0.3, 0.4) is 0 Å². The Morgan fingerprint density at radius 3 is 2.46 bits per heavy atom. The first-order valence-electron chi connectivity index (χ1n) is 9.01. The number of hydrogen-bond acceptors (Lipinski definition) is 4. The Balaban J connectivity index is 1.50. The van der Waals surface area contributed by atoms with Gasteiger partial charge in [-0.2, -0.15) is 0 Å². The second-order valence-corrected chi connectivity index (χ2v) is 6.65. The normalized spacial score (nSPS) is 14.5. The Morgan fingerprint density at radius 2 is 1.73 bits per heavy atom. The Labute approximate surface area is 152 Å². The van der Waals surface area contributed by atoms with Gasteiger partial charge in [0.05, 0.1) is 5.69 Å². The molecular formula is C21H22N4O. The topological polar surface area (TPSA) is 61.0 Å². The molecule has 5 nitrogen and oxygen atoms in total. The van der Waals surface area contributed by atoms with E-state index in [-0.39, 0.29) is 5.56 Å². The fraction of sp³-hybridized carbons (Fsp3) is 0.238. The summed E-state index contributed by atoms with van der Waals surface area (Å²) in [5.41, 5.74) is 3.61. The second kappa shape index (κ2) is 7.54. The minimum Gasteiger partial charge on any atom is -0.326 e. The number of aromatic nitrogens is 2. The lowest BCUT2D eigenvalue weighted by molar-refractivity contribution is 0.331. The van der Waals surface area contributed by atoms with Crippen LogP contribution in [0.5, 0.6) is 0 Å². The molecule has 5 heteroatoms. The van der Waals surface area contributed by atoms with Crippen molar-refractivity contribution < 1.29 is 0 Å². The van der Waals surface area contributed by atoms with Crippen LogP contribution < -0.4 is 10.9 Å². The summed E-state index contributed by atoms with van der Waals surface area (Å²) in [6.07, 6.45) is 2.60. The van der Waals surface area contributed by atoms with Gasteiger partial charge in [0, 0.05) is 23.9 Å². The van der Waals surface area contributed by atoms with Gasteiger partial charge in [-0.3, -0.25) is 14.7 Å².